The normalized spacial score (nSPS) is 15.2. The van der Waals surface area contributed by atoms with Crippen LogP contribution in [0.4, 0.5) is 0 Å². The molecule has 0 heterocycles. The van der Waals surface area contributed by atoms with E-state index in [0.717, 1.165) is 12.8 Å². The molecule has 0 aliphatic heterocycles. The van der Waals surface area contributed by atoms with Crippen LogP contribution in [0.15, 0.2) is 0 Å². The third-order valence-corrected chi connectivity index (χ3v) is 16.5. The molecule has 0 amide bonds. The van der Waals surface area contributed by atoms with Crippen LogP contribution in [0.25, 0.3) is 0 Å². The van der Waals surface area contributed by atoms with Crippen molar-refractivity contribution in [1.29, 1.82) is 0 Å². The summed E-state index contributed by atoms with van der Waals surface area (Å²) >= 11 is -1.83. The standard InChI is InChI=1S/C18H36GeO2/c1-4-7-13-19(14-8-5-2,15-9-6-3)16-12-18(20)21-17-10-11-17/h17H,4-16H2,1-3H3. The molecule has 1 aliphatic rings. The molecule has 0 aromatic carbocycles. The van der Waals surface area contributed by atoms with E-state index in [1.54, 1.807) is 0 Å². The number of esters is 1. The maximum absolute atomic E-state index is 12.0. The van der Waals surface area contributed by atoms with Crippen molar-refractivity contribution in [2.24, 2.45) is 0 Å². The van der Waals surface area contributed by atoms with E-state index in [0.29, 0.717) is 6.42 Å². The van der Waals surface area contributed by atoms with Crippen molar-refractivity contribution in [2.45, 2.75) is 106 Å². The summed E-state index contributed by atoms with van der Waals surface area (Å²) in [6.45, 7) is 6.90. The molecule has 3 heteroatoms. The van der Waals surface area contributed by atoms with E-state index in [1.807, 2.05) is 0 Å². The third-order valence-electron chi connectivity index (χ3n) is 4.86. The van der Waals surface area contributed by atoms with Crippen LogP contribution < -0.4 is 0 Å². The van der Waals surface area contributed by atoms with Crippen LogP contribution >= 0.6 is 0 Å². The van der Waals surface area contributed by atoms with Crippen molar-refractivity contribution in [3.63, 3.8) is 0 Å². The molecule has 0 radical (unpaired) electrons. The van der Waals surface area contributed by atoms with Gasteiger partial charge in [0.15, 0.2) is 0 Å². The number of carbonyl (C=O) groups is 1. The molecule has 1 saturated carbocycles. The van der Waals surface area contributed by atoms with Crippen molar-refractivity contribution in [1.82, 2.24) is 0 Å². The zero-order chi connectivity index (χ0) is 15.6. The molecule has 1 aliphatic carbocycles. The van der Waals surface area contributed by atoms with Crippen molar-refractivity contribution in [3.8, 4) is 0 Å². The van der Waals surface area contributed by atoms with Crippen molar-refractivity contribution in [2.75, 3.05) is 0 Å². The SMILES string of the molecule is CCC[CH2][Ge]([CH2]CCC)([CH2]CCC)[CH2]CC(=O)OC1CC1. The van der Waals surface area contributed by atoms with E-state index in [-0.39, 0.29) is 12.1 Å². The van der Waals surface area contributed by atoms with Gasteiger partial charge in [0.2, 0.25) is 0 Å². The molecule has 0 unspecified atom stereocenters. The Labute approximate surface area is 134 Å². The Morgan fingerprint density at radius 2 is 1.38 bits per heavy atom. The number of hydrogen-bond donors (Lipinski definition) is 0. The van der Waals surface area contributed by atoms with Crippen molar-refractivity contribution < 1.29 is 9.53 Å². The number of rotatable bonds is 13. The third kappa shape index (κ3) is 8.27. The van der Waals surface area contributed by atoms with Crippen LogP contribution in [0.5, 0.6) is 0 Å². The molecule has 1 fully saturated rings. The first-order valence-electron chi connectivity index (χ1n) is 9.35. The molecule has 0 bridgehead atoms. The molecule has 124 valence electrons. The fraction of sp³-hybridized carbons (Fsp3) is 0.944. The Bertz CT molecular complexity index is 265. The second-order valence-corrected chi connectivity index (χ2v) is 17.5. The molecule has 0 aromatic heterocycles. The molecule has 0 N–H and O–H groups in total. The first-order chi connectivity index (χ1) is 10.2. The predicted molar refractivity (Wildman–Crippen MR) is 93.4 cm³/mol. The quantitative estimate of drug-likeness (QED) is 0.302. The molecule has 21 heavy (non-hydrogen) atoms. The summed E-state index contributed by atoms with van der Waals surface area (Å²) in [5.74, 6) is 0.0944. The number of ether oxygens (including phenoxy) is 1. The van der Waals surface area contributed by atoms with Gasteiger partial charge >= 0.3 is 134 Å². The number of unbranched alkanes of at least 4 members (excludes halogenated alkanes) is 3. The average molecular weight is 357 g/mol. The van der Waals surface area contributed by atoms with Gasteiger partial charge in [-0.15, -0.1) is 0 Å². The summed E-state index contributed by atoms with van der Waals surface area (Å²) in [6.07, 6.45) is 11.2. The summed E-state index contributed by atoms with van der Waals surface area (Å²) in [7, 11) is 0. The second-order valence-electron chi connectivity index (χ2n) is 7.00. The predicted octanol–water partition coefficient (Wildman–Crippen LogP) is 5.93. The second kappa shape index (κ2) is 10.7. The summed E-state index contributed by atoms with van der Waals surface area (Å²) in [4.78, 5) is 12.0. The van der Waals surface area contributed by atoms with Gasteiger partial charge in [-0.3, -0.25) is 0 Å². The number of carbonyl (C=O) groups excluding carboxylic acids is 1. The zero-order valence-corrected chi connectivity index (χ0v) is 16.7. The molecule has 0 spiro atoms. The van der Waals surface area contributed by atoms with Crippen LogP contribution in [0.2, 0.25) is 21.0 Å². The molecule has 2 nitrogen and oxygen atoms in total. The molecule has 0 aromatic rings. The van der Waals surface area contributed by atoms with Gasteiger partial charge in [-0.1, -0.05) is 0 Å². The molecule has 1 rings (SSSR count). The minimum atomic E-state index is -1.83. The van der Waals surface area contributed by atoms with E-state index >= 15 is 0 Å². The van der Waals surface area contributed by atoms with Gasteiger partial charge in [0, 0.05) is 0 Å². The van der Waals surface area contributed by atoms with Gasteiger partial charge in [-0.2, -0.15) is 0 Å². The fourth-order valence-electron chi connectivity index (χ4n) is 3.20. The van der Waals surface area contributed by atoms with Gasteiger partial charge in [-0.05, 0) is 0 Å². The molecule has 0 saturated heterocycles. The van der Waals surface area contributed by atoms with Gasteiger partial charge in [0.05, 0.1) is 0 Å². The summed E-state index contributed by atoms with van der Waals surface area (Å²) < 4.78 is 5.46. The maximum atomic E-state index is 12.0. The molecule has 0 atom stereocenters. The van der Waals surface area contributed by atoms with E-state index in [1.165, 1.54) is 59.5 Å². The van der Waals surface area contributed by atoms with Crippen molar-refractivity contribution in [3.05, 3.63) is 0 Å². The van der Waals surface area contributed by atoms with Gasteiger partial charge in [-0.25, -0.2) is 0 Å². The van der Waals surface area contributed by atoms with E-state index in [9.17, 15) is 4.79 Å². The number of hydrogen-bond acceptors (Lipinski definition) is 2. The Morgan fingerprint density at radius 1 is 0.905 bits per heavy atom. The minimum absolute atomic E-state index is 0.0944. The summed E-state index contributed by atoms with van der Waals surface area (Å²) in [5, 5.41) is 5.67. The van der Waals surface area contributed by atoms with E-state index in [2.05, 4.69) is 20.8 Å². The summed E-state index contributed by atoms with van der Waals surface area (Å²) in [5.41, 5.74) is 0. The van der Waals surface area contributed by atoms with Gasteiger partial charge in [0.25, 0.3) is 0 Å². The molecular weight excluding hydrogens is 321 g/mol. The first-order valence-corrected chi connectivity index (χ1v) is 15.3. The molecular formula is C18H36GeO2. The van der Waals surface area contributed by atoms with E-state index in [4.69, 9.17) is 4.74 Å². The Hall–Kier alpha value is 0.0129. The van der Waals surface area contributed by atoms with Gasteiger partial charge < -0.3 is 0 Å². The monoisotopic (exact) mass is 358 g/mol. The van der Waals surface area contributed by atoms with E-state index < -0.39 is 13.3 Å². The fourth-order valence-corrected chi connectivity index (χ4v) is 14.8. The van der Waals surface area contributed by atoms with Crippen LogP contribution in [-0.4, -0.2) is 25.3 Å². The Balaban J connectivity index is 2.52. The van der Waals surface area contributed by atoms with Gasteiger partial charge in [0.1, 0.15) is 0 Å². The Morgan fingerprint density at radius 3 is 1.76 bits per heavy atom. The summed E-state index contributed by atoms with van der Waals surface area (Å²) in [6, 6.07) is 0. The average Bonchev–Trinajstić information content (AvgIpc) is 3.30. The van der Waals surface area contributed by atoms with Crippen molar-refractivity contribution >= 4 is 19.2 Å². The zero-order valence-electron chi connectivity index (χ0n) is 14.6. The van der Waals surface area contributed by atoms with Crippen LogP contribution in [0.1, 0.15) is 78.6 Å². The van der Waals surface area contributed by atoms with Crippen LogP contribution in [0.3, 0.4) is 0 Å². The first kappa shape index (κ1) is 19.1. The van der Waals surface area contributed by atoms with Crippen LogP contribution in [-0.2, 0) is 9.53 Å². The topological polar surface area (TPSA) is 26.3 Å². The van der Waals surface area contributed by atoms with Crippen LogP contribution in [0, 0.1) is 0 Å². The Kier molecular flexibility index (Phi) is 9.70.